The summed E-state index contributed by atoms with van der Waals surface area (Å²) in [4.78, 5) is 15.0. The Morgan fingerprint density at radius 3 is 2.50 bits per heavy atom. The average Bonchev–Trinajstić information content (AvgIpc) is 3.17. The van der Waals surface area contributed by atoms with E-state index in [4.69, 9.17) is 10.00 Å². The summed E-state index contributed by atoms with van der Waals surface area (Å²) >= 11 is 0. The molecule has 1 saturated carbocycles. The fourth-order valence-electron chi connectivity index (χ4n) is 4.00. The Kier molecular flexibility index (Phi) is 6.51. The summed E-state index contributed by atoms with van der Waals surface area (Å²) in [6, 6.07) is 9.16. The fourth-order valence-corrected chi connectivity index (χ4v) is 4.00. The van der Waals surface area contributed by atoms with Crippen molar-refractivity contribution in [3.05, 3.63) is 29.8 Å². The summed E-state index contributed by atoms with van der Waals surface area (Å²) in [7, 11) is 0. The highest BCUT2D eigenvalue weighted by atomic mass is 16.5. The minimum Gasteiger partial charge on any atom is -0.481 e. The molecule has 3 rings (SSSR count). The van der Waals surface area contributed by atoms with Crippen LogP contribution in [0.3, 0.4) is 0 Å². The highest BCUT2D eigenvalue weighted by molar-refractivity contribution is 5.81. The molecule has 2 aliphatic rings. The Bertz CT molecular complexity index is 624. The Balaban J connectivity index is 1.39. The average molecular weight is 355 g/mol. The lowest BCUT2D eigenvalue weighted by Crippen LogP contribution is -2.48. The predicted molar refractivity (Wildman–Crippen MR) is 101 cm³/mol. The monoisotopic (exact) mass is 355 g/mol. The van der Waals surface area contributed by atoms with Gasteiger partial charge < -0.3 is 15.0 Å². The van der Waals surface area contributed by atoms with Gasteiger partial charge in [0.1, 0.15) is 5.75 Å². The molecule has 0 bridgehead atoms. The lowest BCUT2D eigenvalue weighted by molar-refractivity contribution is -0.128. The number of benzene rings is 1. The van der Waals surface area contributed by atoms with Gasteiger partial charge >= 0.3 is 0 Å². The van der Waals surface area contributed by atoms with E-state index in [1.807, 2.05) is 0 Å². The van der Waals surface area contributed by atoms with Crippen LogP contribution in [0.5, 0.6) is 5.75 Å². The molecule has 2 fully saturated rings. The van der Waals surface area contributed by atoms with E-state index in [0.717, 1.165) is 31.8 Å². The fraction of sp³-hybridized carbons (Fsp3) is 0.619. The Morgan fingerprint density at radius 1 is 1.23 bits per heavy atom. The summed E-state index contributed by atoms with van der Waals surface area (Å²) in [6.07, 6.45) is 7.06. The number of hydrogen-bond acceptors (Lipinski definition) is 4. The number of rotatable bonds is 6. The van der Waals surface area contributed by atoms with E-state index in [1.54, 1.807) is 31.2 Å². The van der Waals surface area contributed by atoms with Gasteiger partial charge in [-0.05, 0) is 62.8 Å². The third kappa shape index (κ3) is 5.22. The van der Waals surface area contributed by atoms with Crippen LogP contribution in [-0.4, -0.2) is 42.6 Å². The molecular weight excluding hydrogens is 326 g/mol. The van der Waals surface area contributed by atoms with Crippen LogP contribution in [0.2, 0.25) is 0 Å². The molecule has 0 aromatic heterocycles. The Labute approximate surface area is 156 Å². The van der Waals surface area contributed by atoms with Gasteiger partial charge in [0.15, 0.2) is 6.10 Å². The van der Waals surface area contributed by atoms with E-state index in [2.05, 4.69) is 16.3 Å². The minimum absolute atomic E-state index is 0.0661. The van der Waals surface area contributed by atoms with Crippen molar-refractivity contribution in [3.63, 3.8) is 0 Å². The molecule has 5 heteroatoms. The largest absolute Gasteiger partial charge is 0.481 e. The van der Waals surface area contributed by atoms with Crippen molar-refractivity contribution in [1.82, 2.24) is 10.2 Å². The van der Waals surface area contributed by atoms with E-state index >= 15 is 0 Å². The van der Waals surface area contributed by atoms with Crippen molar-refractivity contribution < 1.29 is 9.53 Å². The van der Waals surface area contributed by atoms with Crippen LogP contribution < -0.4 is 10.1 Å². The zero-order valence-corrected chi connectivity index (χ0v) is 15.6. The van der Waals surface area contributed by atoms with Crippen LogP contribution in [0.15, 0.2) is 24.3 Å². The molecule has 1 atom stereocenters. The molecule has 1 aliphatic carbocycles. The molecule has 0 spiro atoms. The van der Waals surface area contributed by atoms with Crippen molar-refractivity contribution >= 4 is 5.91 Å². The Hall–Kier alpha value is -2.06. The van der Waals surface area contributed by atoms with E-state index in [0.29, 0.717) is 11.3 Å². The molecule has 140 valence electrons. The molecule has 1 saturated heterocycles. The maximum Gasteiger partial charge on any atom is 0.260 e. The predicted octanol–water partition coefficient (Wildman–Crippen LogP) is 3.10. The molecule has 1 aliphatic heterocycles. The maximum atomic E-state index is 12.4. The number of carbonyl (C=O) groups excluding carboxylic acids is 1. The van der Waals surface area contributed by atoms with Crippen LogP contribution in [0.1, 0.15) is 51.0 Å². The van der Waals surface area contributed by atoms with Gasteiger partial charge in [-0.15, -0.1) is 0 Å². The number of hydrogen-bond donors (Lipinski definition) is 1. The third-order valence-electron chi connectivity index (χ3n) is 5.59. The van der Waals surface area contributed by atoms with Gasteiger partial charge in [-0.1, -0.05) is 12.8 Å². The summed E-state index contributed by atoms with van der Waals surface area (Å²) in [6.45, 7) is 5.15. The number of nitrogens with one attached hydrogen (secondary N) is 1. The number of carbonyl (C=O) groups is 1. The van der Waals surface area contributed by atoms with E-state index < -0.39 is 6.10 Å². The second kappa shape index (κ2) is 9.05. The zero-order valence-electron chi connectivity index (χ0n) is 15.6. The van der Waals surface area contributed by atoms with Gasteiger partial charge in [-0.2, -0.15) is 5.26 Å². The normalized spacial score (nSPS) is 20.5. The second-order valence-electron chi connectivity index (χ2n) is 7.63. The zero-order chi connectivity index (χ0) is 18.4. The van der Waals surface area contributed by atoms with Crippen LogP contribution in [0.4, 0.5) is 0 Å². The maximum absolute atomic E-state index is 12.4. The number of ether oxygens (including phenoxy) is 1. The first-order valence-corrected chi connectivity index (χ1v) is 9.83. The smallest absolute Gasteiger partial charge is 0.260 e. The van der Waals surface area contributed by atoms with Crippen molar-refractivity contribution in [2.24, 2.45) is 5.92 Å². The minimum atomic E-state index is -0.542. The summed E-state index contributed by atoms with van der Waals surface area (Å²) in [5, 5.41) is 12.0. The number of amides is 1. The highest BCUT2D eigenvalue weighted by Crippen LogP contribution is 2.26. The van der Waals surface area contributed by atoms with Gasteiger partial charge in [0.25, 0.3) is 5.91 Å². The number of nitriles is 1. The summed E-state index contributed by atoms with van der Waals surface area (Å²) in [5.41, 5.74) is 0.582. The van der Waals surface area contributed by atoms with Crippen molar-refractivity contribution in [3.8, 4) is 11.8 Å². The van der Waals surface area contributed by atoms with Gasteiger partial charge in [-0.25, -0.2) is 0 Å². The van der Waals surface area contributed by atoms with E-state index in [-0.39, 0.29) is 11.9 Å². The topological polar surface area (TPSA) is 65.4 Å². The third-order valence-corrected chi connectivity index (χ3v) is 5.59. The number of likely N-dealkylation sites (tertiary alicyclic amines) is 1. The molecular formula is C21H29N3O2. The van der Waals surface area contributed by atoms with Crippen LogP contribution in [-0.2, 0) is 4.79 Å². The quantitative estimate of drug-likeness (QED) is 0.851. The molecule has 5 nitrogen and oxygen atoms in total. The first-order valence-electron chi connectivity index (χ1n) is 9.83. The van der Waals surface area contributed by atoms with Gasteiger partial charge in [0, 0.05) is 25.7 Å². The van der Waals surface area contributed by atoms with Gasteiger partial charge in [0.05, 0.1) is 11.6 Å². The summed E-state index contributed by atoms with van der Waals surface area (Å²) < 4.78 is 5.70. The molecule has 0 radical (unpaired) electrons. The van der Waals surface area contributed by atoms with Crippen molar-refractivity contribution in [2.75, 3.05) is 19.6 Å². The van der Waals surface area contributed by atoms with Gasteiger partial charge in [0.2, 0.25) is 0 Å². The number of piperidine rings is 1. The molecule has 1 amide bonds. The number of nitrogens with zero attached hydrogens (tertiary/aromatic N) is 2. The Morgan fingerprint density at radius 2 is 1.88 bits per heavy atom. The second-order valence-corrected chi connectivity index (χ2v) is 7.63. The molecule has 0 unspecified atom stereocenters. The molecule has 1 aromatic rings. The van der Waals surface area contributed by atoms with Crippen LogP contribution in [0.25, 0.3) is 0 Å². The molecule has 1 N–H and O–H groups in total. The van der Waals surface area contributed by atoms with Crippen molar-refractivity contribution in [1.29, 1.82) is 5.26 Å². The van der Waals surface area contributed by atoms with Gasteiger partial charge in [-0.3, -0.25) is 4.79 Å². The lowest BCUT2D eigenvalue weighted by atomic mass is 10.0. The van der Waals surface area contributed by atoms with Crippen LogP contribution in [0, 0.1) is 17.2 Å². The molecule has 1 heterocycles. The first kappa shape index (κ1) is 18.7. The molecule has 1 aromatic carbocycles. The highest BCUT2D eigenvalue weighted by Gasteiger charge is 2.25. The van der Waals surface area contributed by atoms with Crippen LogP contribution >= 0.6 is 0 Å². The van der Waals surface area contributed by atoms with Crippen molar-refractivity contribution in [2.45, 2.75) is 57.6 Å². The van der Waals surface area contributed by atoms with E-state index in [9.17, 15) is 4.79 Å². The SMILES string of the molecule is C[C@H](Oc1ccc(C#N)cc1)C(=O)NC1CCN(CC2CCCC2)CC1. The molecule has 26 heavy (non-hydrogen) atoms. The lowest BCUT2D eigenvalue weighted by Gasteiger charge is -2.34. The standard InChI is InChI=1S/C21H29N3O2/c1-16(26-20-8-6-17(14-22)7-9-20)21(25)23-19-10-12-24(13-11-19)15-18-4-2-3-5-18/h6-9,16,18-19H,2-5,10-13,15H2,1H3,(H,23,25)/t16-/m0/s1. The first-order chi connectivity index (χ1) is 12.6. The van der Waals surface area contributed by atoms with E-state index in [1.165, 1.54) is 32.2 Å². The summed E-state index contributed by atoms with van der Waals surface area (Å²) in [5.74, 6) is 1.43.